The van der Waals surface area contributed by atoms with Crippen molar-refractivity contribution in [3.8, 4) is 0 Å². The average Bonchev–Trinajstić information content (AvgIpc) is 2.75. The predicted octanol–water partition coefficient (Wildman–Crippen LogP) is 3.07. The van der Waals surface area contributed by atoms with Crippen LogP contribution < -0.4 is 5.73 Å². The molecule has 1 amide bonds. The van der Waals surface area contributed by atoms with Crippen LogP contribution in [0.5, 0.6) is 0 Å². The van der Waals surface area contributed by atoms with E-state index in [2.05, 4.69) is 11.9 Å². The molecule has 6 heteroatoms. The second-order valence-corrected chi connectivity index (χ2v) is 8.10. The fourth-order valence-electron chi connectivity index (χ4n) is 2.78. The standard InChI is InChI=1S/C15H19N3OS2/c1-8-6-11-12(10(3)17-8)13(16)14(21-11)15(19)18-4-5-20-9(2)7-18/h6,9H,4-5,7,16H2,1-3H3. The highest BCUT2D eigenvalue weighted by atomic mass is 32.2. The van der Waals surface area contributed by atoms with Gasteiger partial charge in [0.15, 0.2) is 0 Å². The quantitative estimate of drug-likeness (QED) is 0.877. The van der Waals surface area contributed by atoms with Crippen LogP contribution in [0, 0.1) is 13.8 Å². The summed E-state index contributed by atoms with van der Waals surface area (Å²) in [6, 6.07) is 2.01. The average molecular weight is 321 g/mol. The Hall–Kier alpha value is -1.27. The van der Waals surface area contributed by atoms with E-state index in [0.29, 0.717) is 15.8 Å². The van der Waals surface area contributed by atoms with E-state index in [-0.39, 0.29) is 5.91 Å². The number of nitrogens with two attached hydrogens (primary N) is 1. The number of aromatic nitrogens is 1. The summed E-state index contributed by atoms with van der Waals surface area (Å²) in [6.45, 7) is 7.68. The Bertz CT molecular complexity index is 710. The minimum absolute atomic E-state index is 0.0675. The van der Waals surface area contributed by atoms with Crippen molar-refractivity contribution in [2.24, 2.45) is 0 Å². The van der Waals surface area contributed by atoms with Crippen LogP contribution in [-0.2, 0) is 0 Å². The molecule has 1 unspecified atom stereocenters. The van der Waals surface area contributed by atoms with Crippen LogP contribution in [0.15, 0.2) is 6.07 Å². The van der Waals surface area contributed by atoms with Crippen LogP contribution in [-0.4, -0.2) is 39.9 Å². The molecule has 21 heavy (non-hydrogen) atoms. The molecule has 2 aromatic heterocycles. The lowest BCUT2D eigenvalue weighted by Crippen LogP contribution is -2.40. The third kappa shape index (κ3) is 2.62. The molecular weight excluding hydrogens is 302 g/mol. The number of thioether (sulfide) groups is 1. The van der Waals surface area contributed by atoms with Gasteiger partial charge in [-0.2, -0.15) is 11.8 Å². The predicted molar refractivity (Wildman–Crippen MR) is 91.3 cm³/mol. The number of nitrogens with zero attached hydrogens (tertiary/aromatic N) is 2. The van der Waals surface area contributed by atoms with Crippen LogP contribution in [0.4, 0.5) is 5.69 Å². The number of pyridine rings is 1. The van der Waals surface area contributed by atoms with Gasteiger partial charge in [-0.3, -0.25) is 9.78 Å². The number of rotatable bonds is 1. The highest BCUT2D eigenvalue weighted by Gasteiger charge is 2.26. The number of thiophene rings is 1. The SMILES string of the molecule is Cc1cc2sc(C(=O)N3CCSC(C)C3)c(N)c2c(C)n1. The second-order valence-electron chi connectivity index (χ2n) is 5.50. The van der Waals surface area contributed by atoms with Crippen LogP contribution >= 0.6 is 23.1 Å². The topological polar surface area (TPSA) is 59.2 Å². The molecule has 1 aliphatic rings. The maximum atomic E-state index is 12.8. The molecule has 0 aliphatic carbocycles. The van der Waals surface area contributed by atoms with Crippen molar-refractivity contribution in [1.29, 1.82) is 0 Å². The van der Waals surface area contributed by atoms with Crippen molar-refractivity contribution < 1.29 is 4.79 Å². The first-order valence-electron chi connectivity index (χ1n) is 7.04. The van der Waals surface area contributed by atoms with Gasteiger partial charge in [0, 0.05) is 45.6 Å². The Kier molecular flexibility index (Phi) is 3.84. The molecule has 3 heterocycles. The summed E-state index contributed by atoms with van der Waals surface area (Å²) in [5.41, 5.74) is 8.71. The number of hydrogen-bond acceptors (Lipinski definition) is 5. The number of aryl methyl sites for hydroxylation is 2. The lowest BCUT2D eigenvalue weighted by molar-refractivity contribution is 0.0769. The molecule has 2 N–H and O–H groups in total. The number of carbonyl (C=O) groups is 1. The van der Waals surface area contributed by atoms with Gasteiger partial charge in [0.05, 0.1) is 5.69 Å². The van der Waals surface area contributed by atoms with Gasteiger partial charge in [-0.1, -0.05) is 6.92 Å². The van der Waals surface area contributed by atoms with Crippen LogP contribution in [0.25, 0.3) is 10.1 Å². The van der Waals surface area contributed by atoms with Gasteiger partial charge in [0.25, 0.3) is 5.91 Å². The van der Waals surface area contributed by atoms with Crippen molar-refractivity contribution in [2.75, 3.05) is 24.6 Å². The summed E-state index contributed by atoms with van der Waals surface area (Å²) in [4.78, 5) is 19.8. The van der Waals surface area contributed by atoms with Crippen LogP contribution in [0.1, 0.15) is 28.0 Å². The Morgan fingerprint density at radius 2 is 2.24 bits per heavy atom. The van der Waals surface area contributed by atoms with Gasteiger partial charge in [0.1, 0.15) is 4.88 Å². The summed E-state index contributed by atoms with van der Waals surface area (Å²) in [6.07, 6.45) is 0. The summed E-state index contributed by atoms with van der Waals surface area (Å²) >= 11 is 3.41. The number of fused-ring (bicyclic) bond motifs is 1. The van der Waals surface area contributed by atoms with Crippen molar-refractivity contribution in [3.05, 3.63) is 22.3 Å². The van der Waals surface area contributed by atoms with Crippen LogP contribution in [0.3, 0.4) is 0 Å². The Morgan fingerprint density at radius 3 is 2.95 bits per heavy atom. The molecule has 4 nitrogen and oxygen atoms in total. The molecule has 112 valence electrons. The summed E-state index contributed by atoms with van der Waals surface area (Å²) < 4.78 is 1.06. The molecule has 2 aromatic rings. The van der Waals surface area contributed by atoms with Gasteiger partial charge in [0.2, 0.25) is 0 Å². The minimum atomic E-state index is 0.0675. The molecule has 0 saturated carbocycles. The molecule has 1 fully saturated rings. The highest BCUT2D eigenvalue weighted by molar-refractivity contribution is 7.99. The third-order valence-corrected chi connectivity index (χ3v) is 6.02. The van der Waals surface area contributed by atoms with Crippen molar-refractivity contribution >= 4 is 44.8 Å². The number of anilines is 1. The van der Waals surface area contributed by atoms with E-state index >= 15 is 0 Å². The minimum Gasteiger partial charge on any atom is -0.397 e. The highest BCUT2D eigenvalue weighted by Crippen LogP contribution is 2.36. The lowest BCUT2D eigenvalue weighted by Gasteiger charge is -2.30. The van der Waals surface area contributed by atoms with Gasteiger partial charge in [-0.15, -0.1) is 11.3 Å². The first-order valence-corrected chi connectivity index (χ1v) is 8.91. The summed E-state index contributed by atoms with van der Waals surface area (Å²) in [7, 11) is 0. The fraction of sp³-hybridized carbons (Fsp3) is 0.467. The molecule has 3 rings (SSSR count). The van der Waals surface area contributed by atoms with E-state index in [1.165, 1.54) is 11.3 Å². The van der Waals surface area contributed by atoms with Crippen molar-refractivity contribution in [1.82, 2.24) is 9.88 Å². The van der Waals surface area contributed by atoms with E-state index in [0.717, 1.165) is 40.3 Å². The zero-order valence-electron chi connectivity index (χ0n) is 12.5. The number of hydrogen-bond donors (Lipinski definition) is 1. The Balaban J connectivity index is 2.02. The first-order chi connectivity index (χ1) is 9.97. The first kappa shape index (κ1) is 14.7. The van der Waals surface area contributed by atoms with Gasteiger partial charge in [-0.25, -0.2) is 0 Å². The molecule has 0 radical (unpaired) electrons. The zero-order valence-corrected chi connectivity index (χ0v) is 14.1. The molecule has 0 aromatic carbocycles. The molecule has 0 bridgehead atoms. The number of nitrogen functional groups attached to an aromatic ring is 1. The zero-order chi connectivity index (χ0) is 15.1. The van der Waals surface area contributed by atoms with E-state index in [1.807, 2.05) is 36.6 Å². The van der Waals surface area contributed by atoms with E-state index in [9.17, 15) is 4.79 Å². The monoisotopic (exact) mass is 321 g/mol. The maximum absolute atomic E-state index is 12.8. The van der Waals surface area contributed by atoms with Crippen molar-refractivity contribution in [3.63, 3.8) is 0 Å². The van der Waals surface area contributed by atoms with E-state index in [1.54, 1.807) is 0 Å². The summed E-state index contributed by atoms with van der Waals surface area (Å²) in [5, 5.41) is 1.43. The fourth-order valence-corrected chi connectivity index (χ4v) is 5.04. The van der Waals surface area contributed by atoms with Crippen molar-refractivity contribution in [2.45, 2.75) is 26.0 Å². The Morgan fingerprint density at radius 1 is 1.48 bits per heavy atom. The number of carbonyl (C=O) groups excluding carboxylic acids is 1. The maximum Gasteiger partial charge on any atom is 0.266 e. The molecule has 1 saturated heterocycles. The van der Waals surface area contributed by atoms with Gasteiger partial charge < -0.3 is 10.6 Å². The normalized spacial score (nSPS) is 19.2. The molecule has 1 atom stereocenters. The molecule has 0 spiro atoms. The largest absolute Gasteiger partial charge is 0.397 e. The second kappa shape index (κ2) is 5.50. The van der Waals surface area contributed by atoms with Crippen LogP contribution in [0.2, 0.25) is 0 Å². The van der Waals surface area contributed by atoms with E-state index < -0.39 is 0 Å². The van der Waals surface area contributed by atoms with Gasteiger partial charge in [-0.05, 0) is 19.9 Å². The third-order valence-electron chi connectivity index (χ3n) is 3.74. The molecular formula is C15H19N3OS2. The smallest absolute Gasteiger partial charge is 0.266 e. The number of amides is 1. The molecule has 1 aliphatic heterocycles. The van der Waals surface area contributed by atoms with E-state index in [4.69, 9.17) is 5.73 Å². The lowest BCUT2D eigenvalue weighted by atomic mass is 10.2. The van der Waals surface area contributed by atoms with Gasteiger partial charge >= 0.3 is 0 Å². The summed E-state index contributed by atoms with van der Waals surface area (Å²) in [5.74, 6) is 1.06. The Labute approximate surface area is 132 Å².